The number of ether oxygens (including phenoxy) is 2. The van der Waals surface area contributed by atoms with Crippen LogP contribution in [0.15, 0.2) is 53.6 Å². The molecule has 1 unspecified atom stereocenters. The lowest BCUT2D eigenvalue weighted by molar-refractivity contribution is -0.150. The fourth-order valence-electron chi connectivity index (χ4n) is 2.25. The number of anilines is 1. The minimum atomic E-state index is -0.720. The Bertz CT molecular complexity index is 898. The first-order valence-electron chi connectivity index (χ1n) is 9.18. The Kier molecular flexibility index (Phi) is 8.83. The van der Waals surface area contributed by atoms with Crippen molar-refractivity contribution >= 4 is 41.3 Å². The van der Waals surface area contributed by atoms with Crippen molar-refractivity contribution in [2.24, 2.45) is 5.10 Å². The van der Waals surface area contributed by atoms with Crippen molar-refractivity contribution in [1.29, 1.82) is 0 Å². The number of benzene rings is 2. The fourth-order valence-corrected chi connectivity index (χ4v) is 2.37. The Labute approximate surface area is 179 Å². The second-order valence-electron chi connectivity index (χ2n) is 6.11. The average Bonchev–Trinajstić information content (AvgIpc) is 2.71. The molecule has 0 heterocycles. The molecule has 0 aromatic heterocycles. The van der Waals surface area contributed by atoms with Crippen LogP contribution in [0.1, 0.15) is 25.8 Å². The summed E-state index contributed by atoms with van der Waals surface area (Å²) in [6, 6.07) is 13.3. The average molecular weight is 432 g/mol. The fraction of sp³-hybridized carbons (Fsp3) is 0.238. The molecule has 8 nitrogen and oxygen atoms in total. The van der Waals surface area contributed by atoms with Crippen LogP contribution in [0.2, 0.25) is 5.02 Å². The lowest BCUT2D eigenvalue weighted by Crippen LogP contribution is -2.26. The summed E-state index contributed by atoms with van der Waals surface area (Å²) in [7, 11) is 0. The van der Waals surface area contributed by atoms with E-state index in [9.17, 15) is 14.4 Å². The van der Waals surface area contributed by atoms with Gasteiger partial charge in [-0.2, -0.15) is 5.10 Å². The molecule has 2 N–H and O–H groups in total. The third-order valence-electron chi connectivity index (χ3n) is 3.66. The molecule has 0 saturated carbocycles. The molecular weight excluding hydrogens is 410 g/mol. The van der Waals surface area contributed by atoms with Gasteiger partial charge in [-0.15, -0.1) is 0 Å². The van der Waals surface area contributed by atoms with E-state index in [1.54, 1.807) is 62.4 Å². The zero-order valence-corrected chi connectivity index (χ0v) is 17.3. The van der Waals surface area contributed by atoms with Gasteiger partial charge in [-0.05, 0) is 67.9 Å². The molecule has 30 heavy (non-hydrogen) atoms. The molecule has 0 bridgehead atoms. The number of rotatable bonds is 9. The molecule has 2 aromatic rings. The highest BCUT2D eigenvalue weighted by molar-refractivity contribution is 6.30. The van der Waals surface area contributed by atoms with Crippen molar-refractivity contribution in [2.75, 3.05) is 11.9 Å². The van der Waals surface area contributed by atoms with Gasteiger partial charge in [0.1, 0.15) is 12.2 Å². The molecule has 2 amide bonds. The SMILES string of the molecule is CCOC(=O)C(C)Oc1ccc(C=NNC(=O)CC(=O)Nc2ccc(Cl)cc2)cc1. The number of hydrogen-bond donors (Lipinski definition) is 2. The number of halogens is 1. The number of hydrogen-bond acceptors (Lipinski definition) is 6. The van der Waals surface area contributed by atoms with Gasteiger partial charge in [0.2, 0.25) is 11.8 Å². The molecule has 2 aromatic carbocycles. The zero-order valence-electron chi connectivity index (χ0n) is 16.6. The Morgan fingerprint density at radius 1 is 1.07 bits per heavy atom. The monoisotopic (exact) mass is 431 g/mol. The molecule has 0 radical (unpaired) electrons. The highest BCUT2D eigenvalue weighted by atomic mass is 35.5. The van der Waals surface area contributed by atoms with Gasteiger partial charge in [0.25, 0.3) is 0 Å². The van der Waals surface area contributed by atoms with Crippen LogP contribution in [-0.2, 0) is 19.1 Å². The van der Waals surface area contributed by atoms with E-state index >= 15 is 0 Å². The minimum absolute atomic E-state index is 0.288. The van der Waals surface area contributed by atoms with Gasteiger partial charge >= 0.3 is 5.97 Å². The Balaban J connectivity index is 1.77. The maximum atomic E-state index is 11.9. The van der Waals surface area contributed by atoms with Crippen LogP contribution in [0.4, 0.5) is 5.69 Å². The van der Waals surface area contributed by atoms with Crippen molar-refractivity contribution in [3.8, 4) is 5.75 Å². The molecule has 1 atom stereocenters. The summed E-state index contributed by atoms with van der Waals surface area (Å²) in [6.45, 7) is 3.62. The van der Waals surface area contributed by atoms with Crippen LogP contribution in [-0.4, -0.2) is 36.7 Å². The molecule has 9 heteroatoms. The van der Waals surface area contributed by atoms with Gasteiger partial charge in [-0.25, -0.2) is 10.2 Å². The molecule has 158 valence electrons. The van der Waals surface area contributed by atoms with E-state index in [2.05, 4.69) is 15.8 Å². The molecule has 0 spiro atoms. The number of nitrogens with one attached hydrogen (secondary N) is 2. The van der Waals surface area contributed by atoms with Gasteiger partial charge in [0, 0.05) is 10.7 Å². The highest BCUT2D eigenvalue weighted by Gasteiger charge is 2.15. The summed E-state index contributed by atoms with van der Waals surface area (Å²) in [5.74, 6) is -0.968. The first kappa shape index (κ1) is 22.9. The molecule has 2 rings (SSSR count). The van der Waals surface area contributed by atoms with Crippen LogP contribution >= 0.6 is 11.6 Å². The van der Waals surface area contributed by atoms with Gasteiger partial charge in [-0.1, -0.05) is 11.6 Å². The van der Waals surface area contributed by atoms with E-state index in [4.69, 9.17) is 21.1 Å². The second-order valence-corrected chi connectivity index (χ2v) is 6.54. The summed E-state index contributed by atoms with van der Waals surface area (Å²) >= 11 is 5.78. The number of nitrogens with zero attached hydrogens (tertiary/aromatic N) is 1. The molecule has 0 fully saturated rings. The summed E-state index contributed by atoms with van der Waals surface area (Å²) in [5, 5.41) is 6.96. The lowest BCUT2D eigenvalue weighted by Gasteiger charge is -2.13. The number of hydrazone groups is 1. The largest absolute Gasteiger partial charge is 0.479 e. The topological polar surface area (TPSA) is 106 Å². The summed E-state index contributed by atoms with van der Waals surface area (Å²) in [5.41, 5.74) is 3.52. The van der Waals surface area contributed by atoms with Crippen molar-refractivity contribution in [2.45, 2.75) is 26.4 Å². The Hall–Kier alpha value is -3.39. The Morgan fingerprint density at radius 2 is 1.73 bits per heavy atom. The van der Waals surface area contributed by atoms with E-state index in [0.29, 0.717) is 22.0 Å². The van der Waals surface area contributed by atoms with Crippen LogP contribution in [0, 0.1) is 0 Å². The Morgan fingerprint density at radius 3 is 2.37 bits per heavy atom. The van der Waals surface area contributed by atoms with Crippen LogP contribution in [0.3, 0.4) is 0 Å². The first-order valence-corrected chi connectivity index (χ1v) is 9.56. The third-order valence-corrected chi connectivity index (χ3v) is 3.92. The van der Waals surface area contributed by atoms with E-state index < -0.39 is 23.9 Å². The number of amides is 2. The number of carbonyl (C=O) groups is 3. The standard InChI is InChI=1S/C21H22ClN3O5/c1-3-29-21(28)14(2)30-18-10-4-15(5-11-18)13-23-25-20(27)12-19(26)24-17-8-6-16(22)7-9-17/h4-11,13-14H,3,12H2,1-2H3,(H,24,26)(H,25,27). The summed E-state index contributed by atoms with van der Waals surface area (Å²) in [6.07, 6.45) is 0.328. The predicted molar refractivity (Wildman–Crippen MR) is 114 cm³/mol. The van der Waals surface area contributed by atoms with Crippen LogP contribution in [0.5, 0.6) is 5.75 Å². The van der Waals surface area contributed by atoms with E-state index in [1.807, 2.05) is 0 Å². The molecule has 0 aliphatic heterocycles. The molecule has 0 aliphatic rings. The molecule has 0 aliphatic carbocycles. The maximum Gasteiger partial charge on any atom is 0.347 e. The van der Waals surface area contributed by atoms with Gasteiger partial charge in [0.15, 0.2) is 6.10 Å². The zero-order chi connectivity index (χ0) is 21.9. The molecular formula is C21H22ClN3O5. The third kappa shape index (κ3) is 7.92. The molecule has 0 saturated heterocycles. The predicted octanol–water partition coefficient (Wildman–Crippen LogP) is 3.15. The normalized spacial score (nSPS) is 11.6. The van der Waals surface area contributed by atoms with Gasteiger partial charge in [-0.3, -0.25) is 9.59 Å². The van der Waals surface area contributed by atoms with Crippen molar-refractivity contribution in [3.05, 3.63) is 59.1 Å². The number of carbonyl (C=O) groups excluding carboxylic acids is 3. The van der Waals surface area contributed by atoms with Crippen molar-refractivity contribution in [3.63, 3.8) is 0 Å². The highest BCUT2D eigenvalue weighted by Crippen LogP contribution is 2.14. The summed E-state index contributed by atoms with van der Waals surface area (Å²) < 4.78 is 10.4. The van der Waals surface area contributed by atoms with E-state index in [0.717, 1.165) is 0 Å². The quantitative estimate of drug-likeness (QED) is 0.274. The van der Waals surface area contributed by atoms with E-state index in [1.165, 1.54) is 6.21 Å². The lowest BCUT2D eigenvalue weighted by atomic mass is 10.2. The smallest absolute Gasteiger partial charge is 0.347 e. The minimum Gasteiger partial charge on any atom is -0.479 e. The van der Waals surface area contributed by atoms with Crippen LogP contribution < -0.4 is 15.5 Å². The number of esters is 1. The van der Waals surface area contributed by atoms with Crippen molar-refractivity contribution in [1.82, 2.24) is 5.43 Å². The van der Waals surface area contributed by atoms with Gasteiger partial charge < -0.3 is 14.8 Å². The van der Waals surface area contributed by atoms with Gasteiger partial charge in [0.05, 0.1) is 12.8 Å². The second kappa shape index (κ2) is 11.6. The summed E-state index contributed by atoms with van der Waals surface area (Å²) in [4.78, 5) is 35.2. The van der Waals surface area contributed by atoms with Crippen molar-refractivity contribution < 1.29 is 23.9 Å². The first-order chi connectivity index (χ1) is 14.4. The van der Waals surface area contributed by atoms with Crippen LogP contribution in [0.25, 0.3) is 0 Å². The van der Waals surface area contributed by atoms with E-state index in [-0.39, 0.29) is 13.0 Å². The maximum absolute atomic E-state index is 11.9.